The monoisotopic (exact) mass is 398 g/mol. The maximum Gasteiger partial charge on any atom is 0.281 e. The zero-order chi connectivity index (χ0) is 19.8. The van der Waals surface area contributed by atoms with Crippen molar-refractivity contribution < 1.29 is 13.9 Å². The molecule has 1 N–H and O–H groups in total. The van der Waals surface area contributed by atoms with E-state index >= 15 is 0 Å². The van der Waals surface area contributed by atoms with Crippen LogP contribution in [0.3, 0.4) is 0 Å². The van der Waals surface area contributed by atoms with Gasteiger partial charge in [0.1, 0.15) is 11.6 Å². The summed E-state index contributed by atoms with van der Waals surface area (Å²) < 4.78 is 21.2. The van der Waals surface area contributed by atoms with Crippen molar-refractivity contribution in [3.63, 3.8) is 0 Å². The van der Waals surface area contributed by atoms with Crippen LogP contribution in [0.25, 0.3) is 21.1 Å². The van der Waals surface area contributed by atoms with Crippen molar-refractivity contribution in [1.82, 2.24) is 14.8 Å². The number of thiazole rings is 1. The molecule has 0 unspecified atom stereocenters. The first-order valence-corrected chi connectivity index (χ1v) is 9.29. The van der Waals surface area contributed by atoms with Gasteiger partial charge in [0.25, 0.3) is 5.91 Å². The zero-order valence-corrected chi connectivity index (χ0v) is 15.8. The standard InChI is InChI=1S/C19H15FN4O3S/c1-3-27-11-5-6-13-15(9-11)28-19(21-13)22-18(26)16-17(25)12-8-10(20)4-7-14(12)24(2)23-16/h4-9H,3H2,1-2H3,(H,21,22,26). The molecule has 1 amide bonds. The Morgan fingerprint density at radius 1 is 1.29 bits per heavy atom. The second-order valence-electron chi connectivity index (χ2n) is 6.00. The van der Waals surface area contributed by atoms with Crippen molar-refractivity contribution in [2.24, 2.45) is 7.05 Å². The molecular weight excluding hydrogens is 383 g/mol. The lowest BCUT2D eigenvalue weighted by molar-refractivity contribution is 0.101. The third kappa shape index (κ3) is 3.20. The molecule has 2 heterocycles. The Morgan fingerprint density at radius 3 is 2.89 bits per heavy atom. The van der Waals surface area contributed by atoms with Gasteiger partial charge in [0.2, 0.25) is 5.43 Å². The molecule has 0 aliphatic carbocycles. The fraction of sp³-hybridized carbons (Fsp3) is 0.158. The van der Waals surface area contributed by atoms with Gasteiger partial charge in [-0.3, -0.25) is 19.6 Å². The molecule has 0 spiro atoms. The van der Waals surface area contributed by atoms with Crippen LogP contribution < -0.4 is 15.5 Å². The van der Waals surface area contributed by atoms with E-state index in [4.69, 9.17) is 4.74 Å². The maximum absolute atomic E-state index is 13.5. The average Bonchev–Trinajstić information content (AvgIpc) is 3.06. The molecule has 142 valence electrons. The van der Waals surface area contributed by atoms with Gasteiger partial charge in [-0.2, -0.15) is 5.10 Å². The van der Waals surface area contributed by atoms with Crippen LogP contribution in [0.2, 0.25) is 0 Å². The number of halogens is 1. The predicted molar refractivity (Wildman–Crippen MR) is 106 cm³/mol. The number of amides is 1. The van der Waals surface area contributed by atoms with E-state index in [9.17, 15) is 14.0 Å². The lowest BCUT2D eigenvalue weighted by atomic mass is 10.2. The summed E-state index contributed by atoms with van der Waals surface area (Å²) in [7, 11) is 1.59. The highest BCUT2D eigenvalue weighted by Gasteiger charge is 2.18. The van der Waals surface area contributed by atoms with Gasteiger partial charge in [-0.15, -0.1) is 0 Å². The quantitative estimate of drug-likeness (QED) is 0.570. The molecule has 0 bridgehead atoms. The molecule has 0 saturated carbocycles. The van der Waals surface area contributed by atoms with Crippen LogP contribution in [-0.2, 0) is 7.05 Å². The summed E-state index contributed by atoms with van der Waals surface area (Å²) in [6, 6.07) is 9.21. The van der Waals surface area contributed by atoms with Crippen molar-refractivity contribution in [2.45, 2.75) is 6.92 Å². The number of hydrogen-bond acceptors (Lipinski definition) is 6. The van der Waals surface area contributed by atoms with E-state index in [1.807, 2.05) is 13.0 Å². The number of benzene rings is 2. The SMILES string of the molecule is CCOc1ccc2nc(NC(=O)c3nn(C)c4ccc(F)cc4c3=O)sc2c1. The summed E-state index contributed by atoms with van der Waals surface area (Å²) in [6.07, 6.45) is 0. The Bertz CT molecular complexity index is 1280. The highest BCUT2D eigenvalue weighted by molar-refractivity contribution is 7.22. The number of nitrogens with one attached hydrogen (secondary N) is 1. The number of aromatic nitrogens is 3. The van der Waals surface area contributed by atoms with E-state index in [1.54, 1.807) is 19.2 Å². The minimum Gasteiger partial charge on any atom is -0.494 e. The number of fused-ring (bicyclic) bond motifs is 2. The molecule has 0 atom stereocenters. The molecule has 4 aromatic rings. The van der Waals surface area contributed by atoms with E-state index in [2.05, 4.69) is 15.4 Å². The van der Waals surface area contributed by atoms with Crippen LogP contribution >= 0.6 is 11.3 Å². The van der Waals surface area contributed by atoms with Gasteiger partial charge in [0, 0.05) is 7.05 Å². The normalized spacial score (nSPS) is 11.1. The minimum atomic E-state index is -0.698. The van der Waals surface area contributed by atoms with Gasteiger partial charge < -0.3 is 4.74 Å². The van der Waals surface area contributed by atoms with Crippen LogP contribution in [0.15, 0.2) is 41.2 Å². The molecule has 7 nitrogen and oxygen atoms in total. The third-order valence-electron chi connectivity index (χ3n) is 4.12. The number of ether oxygens (including phenoxy) is 1. The Kier molecular flexibility index (Phi) is 4.52. The highest BCUT2D eigenvalue weighted by atomic mass is 32.1. The van der Waals surface area contributed by atoms with Crippen LogP contribution in [0, 0.1) is 5.82 Å². The van der Waals surface area contributed by atoms with Crippen LogP contribution in [0.1, 0.15) is 17.4 Å². The van der Waals surface area contributed by atoms with E-state index in [1.165, 1.54) is 28.2 Å². The number of rotatable bonds is 4. The third-order valence-corrected chi connectivity index (χ3v) is 5.06. The predicted octanol–water partition coefficient (Wildman–Crippen LogP) is 3.33. The van der Waals surface area contributed by atoms with Gasteiger partial charge in [-0.1, -0.05) is 11.3 Å². The molecule has 2 aromatic heterocycles. The first-order chi connectivity index (χ1) is 13.5. The van der Waals surface area contributed by atoms with E-state index in [0.717, 1.165) is 10.8 Å². The van der Waals surface area contributed by atoms with Crippen LogP contribution in [-0.4, -0.2) is 27.3 Å². The van der Waals surface area contributed by atoms with Crippen LogP contribution in [0.4, 0.5) is 9.52 Å². The molecule has 2 aromatic carbocycles. The highest BCUT2D eigenvalue weighted by Crippen LogP contribution is 2.29. The molecule has 0 aliphatic heterocycles. The van der Waals surface area contributed by atoms with Gasteiger partial charge in [0.15, 0.2) is 10.8 Å². The van der Waals surface area contributed by atoms with E-state index < -0.39 is 17.2 Å². The number of aryl methyl sites for hydroxylation is 1. The van der Waals surface area contributed by atoms with E-state index in [-0.39, 0.29) is 11.1 Å². The Hall–Kier alpha value is -3.33. The van der Waals surface area contributed by atoms with Crippen molar-refractivity contribution in [3.05, 3.63) is 58.1 Å². The maximum atomic E-state index is 13.5. The first kappa shape index (κ1) is 18.1. The number of anilines is 1. The van der Waals surface area contributed by atoms with Crippen molar-refractivity contribution in [2.75, 3.05) is 11.9 Å². The molecule has 0 radical (unpaired) electrons. The largest absolute Gasteiger partial charge is 0.494 e. The molecule has 0 saturated heterocycles. The fourth-order valence-corrected chi connectivity index (χ4v) is 3.76. The summed E-state index contributed by atoms with van der Waals surface area (Å²) in [5, 5.41) is 7.07. The smallest absolute Gasteiger partial charge is 0.281 e. The summed E-state index contributed by atoms with van der Waals surface area (Å²) >= 11 is 1.26. The Labute approximate surface area is 162 Å². The lowest BCUT2D eigenvalue weighted by Gasteiger charge is -2.07. The van der Waals surface area contributed by atoms with Crippen LogP contribution in [0.5, 0.6) is 5.75 Å². The molecule has 4 rings (SSSR count). The Morgan fingerprint density at radius 2 is 2.11 bits per heavy atom. The molecule has 9 heteroatoms. The van der Waals surface area contributed by atoms with Gasteiger partial charge in [-0.05, 0) is 43.3 Å². The summed E-state index contributed by atoms with van der Waals surface area (Å²) in [4.78, 5) is 29.6. The summed E-state index contributed by atoms with van der Waals surface area (Å²) in [6.45, 7) is 2.44. The second kappa shape index (κ2) is 7.01. The second-order valence-corrected chi connectivity index (χ2v) is 7.03. The topological polar surface area (TPSA) is 86.1 Å². The minimum absolute atomic E-state index is 0.0910. The van der Waals surface area contributed by atoms with Crippen molar-refractivity contribution in [1.29, 1.82) is 0 Å². The van der Waals surface area contributed by atoms with E-state index in [0.29, 0.717) is 28.5 Å². The summed E-state index contributed by atoms with van der Waals surface area (Å²) in [5.74, 6) is -0.544. The van der Waals surface area contributed by atoms with Crippen molar-refractivity contribution >= 4 is 43.5 Å². The zero-order valence-electron chi connectivity index (χ0n) is 15.0. The van der Waals surface area contributed by atoms with Gasteiger partial charge in [0.05, 0.1) is 27.7 Å². The summed E-state index contributed by atoms with van der Waals surface area (Å²) in [5.41, 5.74) is 0.177. The number of hydrogen-bond donors (Lipinski definition) is 1. The Balaban J connectivity index is 1.69. The first-order valence-electron chi connectivity index (χ1n) is 8.47. The lowest BCUT2D eigenvalue weighted by Crippen LogP contribution is -2.26. The molecule has 28 heavy (non-hydrogen) atoms. The number of carbonyl (C=O) groups excluding carboxylic acids is 1. The number of nitrogens with zero attached hydrogens (tertiary/aromatic N) is 3. The molecule has 0 aliphatic rings. The fourth-order valence-electron chi connectivity index (χ4n) is 2.87. The average molecular weight is 398 g/mol. The number of carbonyl (C=O) groups is 1. The molecule has 0 fully saturated rings. The van der Waals surface area contributed by atoms with Gasteiger partial charge in [-0.25, -0.2) is 9.37 Å². The van der Waals surface area contributed by atoms with Gasteiger partial charge >= 0.3 is 0 Å². The molecular formula is C19H15FN4O3S. The van der Waals surface area contributed by atoms with Crippen molar-refractivity contribution in [3.8, 4) is 5.75 Å².